The molecule has 1 unspecified atom stereocenters. The summed E-state index contributed by atoms with van der Waals surface area (Å²) in [6.07, 6.45) is -4.75. The van der Waals surface area contributed by atoms with Gasteiger partial charge in [-0.05, 0) is 35.7 Å². The quantitative estimate of drug-likeness (QED) is 0.602. The van der Waals surface area contributed by atoms with Crippen LogP contribution in [0.3, 0.4) is 0 Å². The summed E-state index contributed by atoms with van der Waals surface area (Å²) in [6.45, 7) is 0. The maximum absolute atomic E-state index is 12.8. The number of carbonyl (C=O) groups excluding carboxylic acids is 2. The summed E-state index contributed by atoms with van der Waals surface area (Å²) < 4.78 is 38.5. The van der Waals surface area contributed by atoms with Crippen LogP contribution in [0, 0.1) is 0 Å². The highest BCUT2D eigenvalue weighted by Gasteiger charge is 2.31. The third-order valence-electron chi connectivity index (χ3n) is 4.67. The summed E-state index contributed by atoms with van der Waals surface area (Å²) in [5, 5.41) is 10.1. The Kier molecular flexibility index (Phi) is 4.62. The zero-order chi connectivity index (χ0) is 20.6. The molecule has 0 aromatic heterocycles. The van der Waals surface area contributed by atoms with E-state index in [1.165, 1.54) is 12.1 Å². The van der Waals surface area contributed by atoms with Crippen LogP contribution < -0.4 is 16.0 Å². The van der Waals surface area contributed by atoms with Gasteiger partial charge in [0.05, 0.1) is 17.7 Å². The maximum Gasteiger partial charge on any atom is 0.416 e. The first-order valence-electron chi connectivity index (χ1n) is 8.87. The molecule has 1 aliphatic rings. The van der Waals surface area contributed by atoms with Crippen molar-refractivity contribution in [2.75, 3.05) is 16.0 Å². The molecular weight excluding hydrogens is 383 g/mol. The van der Waals surface area contributed by atoms with Crippen molar-refractivity contribution in [3.8, 4) is 0 Å². The lowest BCUT2D eigenvalue weighted by molar-refractivity contribution is -0.137. The van der Waals surface area contributed by atoms with Crippen molar-refractivity contribution >= 4 is 39.6 Å². The zero-order valence-corrected chi connectivity index (χ0v) is 15.0. The van der Waals surface area contributed by atoms with E-state index in [2.05, 4.69) is 16.0 Å². The Labute approximate surface area is 163 Å². The summed E-state index contributed by atoms with van der Waals surface area (Å²) in [7, 11) is 0. The third kappa shape index (κ3) is 3.87. The van der Waals surface area contributed by atoms with Gasteiger partial charge in [0.25, 0.3) is 0 Å². The molecule has 0 bridgehead atoms. The molecular formula is C21H16F3N3O2. The van der Waals surface area contributed by atoms with Crippen molar-refractivity contribution < 1.29 is 22.8 Å². The van der Waals surface area contributed by atoms with E-state index in [0.717, 1.165) is 22.9 Å². The van der Waals surface area contributed by atoms with Crippen molar-refractivity contribution in [3.05, 3.63) is 66.2 Å². The topological polar surface area (TPSA) is 70.2 Å². The average molecular weight is 399 g/mol. The van der Waals surface area contributed by atoms with Crippen LogP contribution in [0.2, 0.25) is 0 Å². The second kappa shape index (κ2) is 7.12. The molecule has 1 aliphatic heterocycles. The Balaban J connectivity index is 1.53. The van der Waals surface area contributed by atoms with Crippen molar-refractivity contribution in [3.63, 3.8) is 0 Å². The fraction of sp³-hybridized carbons (Fsp3) is 0.143. The van der Waals surface area contributed by atoms with Crippen LogP contribution in [0.5, 0.6) is 0 Å². The average Bonchev–Trinajstić information content (AvgIpc) is 2.79. The Morgan fingerprint density at radius 3 is 2.41 bits per heavy atom. The van der Waals surface area contributed by atoms with Crippen LogP contribution in [0.1, 0.15) is 12.0 Å². The molecule has 5 nitrogen and oxygen atoms in total. The molecule has 2 amide bonds. The number of halogens is 3. The smallest absolute Gasteiger partial charge is 0.373 e. The van der Waals surface area contributed by atoms with Gasteiger partial charge in [-0.2, -0.15) is 13.2 Å². The molecule has 0 saturated carbocycles. The first-order valence-corrected chi connectivity index (χ1v) is 8.87. The number of alkyl halides is 3. The minimum absolute atomic E-state index is 0.0178. The number of hydrogen-bond acceptors (Lipinski definition) is 3. The molecule has 0 saturated heterocycles. The van der Waals surface area contributed by atoms with Crippen LogP contribution >= 0.6 is 0 Å². The fourth-order valence-corrected chi connectivity index (χ4v) is 3.35. The van der Waals surface area contributed by atoms with E-state index in [1.54, 1.807) is 6.07 Å². The van der Waals surface area contributed by atoms with Gasteiger partial charge in [0.1, 0.15) is 6.04 Å². The predicted octanol–water partition coefficient (Wildman–Crippen LogP) is 4.62. The SMILES string of the molecule is O=C(CC1Nc2cccc3cccc(c23)NC1=O)Nc1cccc(C(F)(F)F)c1. The first kappa shape index (κ1) is 18.8. The van der Waals surface area contributed by atoms with E-state index >= 15 is 0 Å². The van der Waals surface area contributed by atoms with Gasteiger partial charge in [0.15, 0.2) is 0 Å². The third-order valence-corrected chi connectivity index (χ3v) is 4.67. The van der Waals surface area contributed by atoms with Crippen LogP contribution in [0.15, 0.2) is 60.7 Å². The van der Waals surface area contributed by atoms with Crippen LogP contribution in [-0.2, 0) is 15.8 Å². The Morgan fingerprint density at radius 2 is 1.69 bits per heavy atom. The van der Waals surface area contributed by atoms with Crippen LogP contribution in [0.25, 0.3) is 10.8 Å². The molecule has 4 rings (SSSR count). The summed E-state index contributed by atoms with van der Waals surface area (Å²) in [5.41, 5.74) is 0.497. The van der Waals surface area contributed by atoms with Gasteiger partial charge in [-0.1, -0.05) is 30.3 Å². The van der Waals surface area contributed by atoms with Crippen molar-refractivity contribution in [1.29, 1.82) is 0 Å². The number of nitrogens with one attached hydrogen (secondary N) is 3. The highest BCUT2D eigenvalue weighted by molar-refractivity contribution is 6.13. The summed E-state index contributed by atoms with van der Waals surface area (Å²) in [5.74, 6) is -0.969. The summed E-state index contributed by atoms with van der Waals surface area (Å²) in [6, 6.07) is 14.6. The second-order valence-electron chi connectivity index (χ2n) is 6.73. The number of rotatable bonds is 3. The van der Waals surface area contributed by atoms with Gasteiger partial charge in [-0.15, -0.1) is 0 Å². The summed E-state index contributed by atoms with van der Waals surface area (Å²) >= 11 is 0. The van der Waals surface area contributed by atoms with Crippen LogP contribution in [-0.4, -0.2) is 17.9 Å². The molecule has 0 spiro atoms. The molecule has 0 radical (unpaired) electrons. The Bertz CT molecular complexity index is 1110. The van der Waals surface area contributed by atoms with Crippen molar-refractivity contribution in [1.82, 2.24) is 0 Å². The number of amides is 2. The standard InChI is InChI=1S/C21H16F3N3O2/c22-21(23,24)13-6-3-7-14(10-13)25-18(28)11-17-20(29)27-16-9-2-5-12-4-1-8-15(26-17)19(12)16/h1-10,17,26H,11H2,(H,25,28)(H,27,29). The predicted molar refractivity (Wildman–Crippen MR) is 105 cm³/mol. The van der Waals surface area contributed by atoms with Gasteiger partial charge in [0, 0.05) is 16.8 Å². The monoisotopic (exact) mass is 399 g/mol. The summed E-state index contributed by atoms with van der Waals surface area (Å²) in [4.78, 5) is 25.0. The fourth-order valence-electron chi connectivity index (χ4n) is 3.35. The molecule has 0 fully saturated rings. The van der Waals surface area contributed by atoms with E-state index in [4.69, 9.17) is 0 Å². The largest absolute Gasteiger partial charge is 0.416 e. The molecule has 148 valence electrons. The normalized spacial score (nSPS) is 16.0. The van der Waals surface area contributed by atoms with E-state index in [0.29, 0.717) is 11.4 Å². The zero-order valence-electron chi connectivity index (χ0n) is 15.0. The van der Waals surface area contributed by atoms with Gasteiger partial charge >= 0.3 is 6.18 Å². The lowest BCUT2D eigenvalue weighted by Gasteiger charge is -2.16. The lowest BCUT2D eigenvalue weighted by atomic mass is 10.1. The van der Waals surface area contributed by atoms with Gasteiger partial charge in [-0.25, -0.2) is 0 Å². The Morgan fingerprint density at radius 1 is 1.00 bits per heavy atom. The maximum atomic E-state index is 12.8. The van der Waals surface area contributed by atoms with Crippen LogP contribution in [0.4, 0.5) is 30.2 Å². The number of anilines is 3. The van der Waals surface area contributed by atoms with Gasteiger partial charge in [-0.3, -0.25) is 9.59 Å². The minimum Gasteiger partial charge on any atom is -0.373 e. The first-order chi connectivity index (χ1) is 13.8. The number of hydrogen-bond donors (Lipinski definition) is 3. The van der Waals surface area contributed by atoms with Crippen molar-refractivity contribution in [2.24, 2.45) is 0 Å². The molecule has 0 aliphatic carbocycles. The molecule has 3 N–H and O–H groups in total. The lowest BCUT2D eigenvalue weighted by Crippen LogP contribution is -2.36. The molecule has 3 aromatic rings. The van der Waals surface area contributed by atoms with E-state index in [1.807, 2.05) is 30.3 Å². The highest BCUT2D eigenvalue weighted by Crippen LogP contribution is 2.34. The van der Waals surface area contributed by atoms with E-state index in [-0.39, 0.29) is 12.1 Å². The molecule has 3 aromatic carbocycles. The van der Waals surface area contributed by atoms with Crippen molar-refractivity contribution in [2.45, 2.75) is 18.6 Å². The molecule has 1 atom stereocenters. The highest BCUT2D eigenvalue weighted by atomic mass is 19.4. The molecule has 8 heteroatoms. The number of carbonyl (C=O) groups is 2. The number of benzene rings is 3. The minimum atomic E-state index is -4.51. The Hall–Kier alpha value is -3.55. The van der Waals surface area contributed by atoms with E-state index < -0.39 is 29.6 Å². The molecule has 1 heterocycles. The van der Waals surface area contributed by atoms with Gasteiger partial charge < -0.3 is 16.0 Å². The van der Waals surface area contributed by atoms with E-state index in [9.17, 15) is 22.8 Å². The molecule has 29 heavy (non-hydrogen) atoms. The van der Waals surface area contributed by atoms with Gasteiger partial charge in [0.2, 0.25) is 11.8 Å². The second-order valence-corrected chi connectivity index (χ2v) is 6.73.